The number of pyridine rings is 1. The SMILES string of the molecule is CCN(CC)c1nnc(-c2ccccc2)c2cccnc12. The van der Waals surface area contributed by atoms with Crippen molar-refractivity contribution in [2.45, 2.75) is 13.8 Å². The van der Waals surface area contributed by atoms with Crippen molar-refractivity contribution in [1.82, 2.24) is 15.2 Å². The molecule has 0 radical (unpaired) electrons. The van der Waals surface area contributed by atoms with Crippen LogP contribution in [0.5, 0.6) is 0 Å². The van der Waals surface area contributed by atoms with Gasteiger partial charge in [0, 0.05) is 30.2 Å². The van der Waals surface area contributed by atoms with Gasteiger partial charge in [0.15, 0.2) is 5.82 Å². The Morgan fingerprint density at radius 3 is 2.38 bits per heavy atom. The van der Waals surface area contributed by atoms with E-state index in [2.05, 4.69) is 40.0 Å². The number of rotatable bonds is 4. The lowest BCUT2D eigenvalue weighted by atomic mass is 10.1. The zero-order valence-electron chi connectivity index (χ0n) is 12.3. The van der Waals surface area contributed by atoms with Crippen molar-refractivity contribution in [1.29, 1.82) is 0 Å². The van der Waals surface area contributed by atoms with Gasteiger partial charge in [0.2, 0.25) is 0 Å². The van der Waals surface area contributed by atoms with Crippen LogP contribution in [-0.2, 0) is 0 Å². The van der Waals surface area contributed by atoms with Gasteiger partial charge in [-0.1, -0.05) is 30.3 Å². The predicted octanol–water partition coefficient (Wildman–Crippen LogP) is 3.54. The minimum atomic E-state index is 0.857. The second-order valence-corrected chi connectivity index (χ2v) is 4.81. The second-order valence-electron chi connectivity index (χ2n) is 4.81. The van der Waals surface area contributed by atoms with Crippen LogP contribution in [0.3, 0.4) is 0 Å². The van der Waals surface area contributed by atoms with E-state index in [9.17, 15) is 0 Å². The van der Waals surface area contributed by atoms with Crippen LogP contribution < -0.4 is 4.90 Å². The molecule has 0 N–H and O–H groups in total. The maximum Gasteiger partial charge on any atom is 0.177 e. The molecule has 21 heavy (non-hydrogen) atoms. The zero-order valence-corrected chi connectivity index (χ0v) is 12.3. The molecule has 106 valence electrons. The van der Waals surface area contributed by atoms with Gasteiger partial charge in [-0.2, -0.15) is 0 Å². The summed E-state index contributed by atoms with van der Waals surface area (Å²) in [7, 11) is 0. The molecule has 0 saturated heterocycles. The molecule has 0 aliphatic rings. The monoisotopic (exact) mass is 278 g/mol. The largest absolute Gasteiger partial charge is 0.354 e. The van der Waals surface area contributed by atoms with Crippen molar-refractivity contribution in [3.8, 4) is 11.3 Å². The molecule has 0 spiro atoms. The molecule has 1 aromatic carbocycles. The van der Waals surface area contributed by atoms with Crippen LogP contribution in [0.2, 0.25) is 0 Å². The summed E-state index contributed by atoms with van der Waals surface area (Å²) in [4.78, 5) is 6.72. The molecular formula is C17H18N4. The van der Waals surface area contributed by atoms with Crippen molar-refractivity contribution < 1.29 is 0 Å². The van der Waals surface area contributed by atoms with Crippen molar-refractivity contribution in [3.05, 3.63) is 48.7 Å². The van der Waals surface area contributed by atoms with E-state index in [1.165, 1.54) is 0 Å². The van der Waals surface area contributed by atoms with E-state index in [1.807, 2.05) is 42.6 Å². The summed E-state index contributed by atoms with van der Waals surface area (Å²) in [5.41, 5.74) is 2.86. The average molecular weight is 278 g/mol. The minimum Gasteiger partial charge on any atom is -0.354 e. The third kappa shape index (κ3) is 2.44. The smallest absolute Gasteiger partial charge is 0.177 e. The first-order valence-corrected chi connectivity index (χ1v) is 7.27. The molecule has 0 amide bonds. The van der Waals surface area contributed by atoms with Crippen LogP contribution in [0.15, 0.2) is 48.7 Å². The van der Waals surface area contributed by atoms with Gasteiger partial charge in [0.1, 0.15) is 11.2 Å². The molecule has 3 aromatic rings. The fourth-order valence-corrected chi connectivity index (χ4v) is 2.52. The Morgan fingerprint density at radius 2 is 1.67 bits per heavy atom. The highest BCUT2D eigenvalue weighted by molar-refractivity contribution is 5.97. The number of aromatic nitrogens is 3. The molecule has 0 atom stereocenters. The normalized spacial score (nSPS) is 10.8. The van der Waals surface area contributed by atoms with Crippen LogP contribution in [-0.4, -0.2) is 28.3 Å². The van der Waals surface area contributed by atoms with Crippen LogP contribution in [0, 0.1) is 0 Å². The van der Waals surface area contributed by atoms with E-state index < -0.39 is 0 Å². The molecule has 4 heteroatoms. The molecule has 0 saturated carbocycles. The average Bonchev–Trinajstić information content (AvgIpc) is 2.57. The first-order chi connectivity index (χ1) is 10.3. The molecule has 0 unspecified atom stereocenters. The van der Waals surface area contributed by atoms with E-state index in [-0.39, 0.29) is 0 Å². The van der Waals surface area contributed by atoms with Crippen LogP contribution >= 0.6 is 0 Å². The van der Waals surface area contributed by atoms with E-state index in [1.54, 1.807) is 0 Å². The van der Waals surface area contributed by atoms with Gasteiger partial charge in [0.05, 0.1) is 0 Å². The van der Waals surface area contributed by atoms with E-state index in [0.29, 0.717) is 0 Å². The number of hydrogen-bond acceptors (Lipinski definition) is 4. The lowest BCUT2D eigenvalue weighted by Gasteiger charge is -2.20. The van der Waals surface area contributed by atoms with Crippen molar-refractivity contribution in [3.63, 3.8) is 0 Å². The van der Waals surface area contributed by atoms with Gasteiger partial charge in [-0.25, -0.2) is 0 Å². The van der Waals surface area contributed by atoms with E-state index >= 15 is 0 Å². The molecule has 2 heterocycles. The first-order valence-electron chi connectivity index (χ1n) is 7.27. The Morgan fingerprint density at radius 1 is 0.905 bits per heavy atom. The van der Waals surface area contributed by atoms with Gasteiger partial charge in [-0.15, -0.1) is 10.2 Å². The Bertz CT molecular complexity index is 736. The molecule has 0 aliphatic heterocycles. The fraction of sp³-hybridized carbons (Fsp3) is 0.235. The summed E-state index contributed by atoms with van der Waals surface area (Å²) in [6.07, 6.45) is 1.81. The van der Waals surface area contributed by atoms with E-state index in [4.69, 9.17) is 0 Å². The highest BCUT2D eigenvalue weighted by atomic mass is 15.3. The highest BCUT2D eigenvalue weighted by Crippen LogP contribution is 2.29. The molecule has 3 rings (SSSR count). The maximum absolute atomic E-state index is 4.54. The number of nitrogens with zero attached hydrogens (tertiary/aromatic N) is 4. The molecule has 0 fully saturated rings. The molecular weight excluding hydrogens is 260 g/mol. The number of fused-ring (bicyclic) bond motifs is 1. The Kier molecular flexibility index (Phi) is 3.77. The Labute approximate surface area is 124 Å². The van der Waals surface area contributed by atoms with E-state index in [0.717, 1.165) is 41.1 Å². The number of anilines is 1. The zero-order chi connectivity index (χ0) is 14.7. The lowest BCUT2D eigenvalue weighted by Crippen LogP contribution is -2.24. The third-order valence-corrected chi connectivity index (χ3v) is 3.63. The van der Waals surface area contributed by atoms with Crippen molar-refractivity contribution in [2.75, 3.05) is 18.0 Å². The molecule has 2 aromatic heterocycles. The van der Waals surface area contributed by atoms with Gasteiger partial charge >= 0.3 is 0 Å². The first kappa shape index (κ1) is 13.5. The lowest BCUT2D eigenvalue weighted by molar-refractivity contribution is 0.831. The number of benzene rings is 1. The van der Waals surface area contributed by atoms with Crippen molar-refractivity contribution in [2.24, 2.45) is 0 Å². The summed E-state index contributed by atoms with van der Waals surface area (Å²) >= 11 is 0. The summed E-state index contributed by atoms with van der Waals surface area (Å²) in [6.45, 7) is 6.01. The summed E-state index contributed by atoms with van der Waals surface area (Å²) in [5, 5.41) is 9.94. The van der Waals surface area contributed by atoms with Crippen LogP contribution in [0.4, 0.5) is 5.82 Å². The highest BCUT2D eigenvalue weighted by Gasteiger charge is 2.14. The van der Waals surface area contributed by atoms with Crippen LogP contribution in [0.1, 0.15) is 13.8 Å². The Balaban J connectivity index is 2.24. The Hall–Kier alpha value is -2.49. The van der Waals surface area contributed by atoms with Crippen molar-refractivity contribution >= 4 is 16.7 Å². The minimum absolute atomic E-state index is 0.857. The standard InChI is InChI=1S/C17H18N4/c1-3-21(4-2)17-16-14(11-8-12-18-16)15(19-20-17)13-9-6-5-7-10-13/h5-12H,3-4H2,1-2H3. The molecule has 0 bridgehead atoms. The predicted molar refractivity (Wildman–Crippen MR) is 86.3 cm³/mol. The second kappa shape index (κ2) is 5.87. The fourth-order valence-electron chi connectivity index (χ4n) is 2.52. The summed E-state index contributed by atoms with van der Waals surface area (Å²) < 4.78 is 0. The van der Waals surface area contributed by atoms with Gasteiger partial charge < -0.3 is 4.90 Å². The quantitative estimate of drug-likeness (QED) is 0.732. The summed E-state index contributed by atoms with van der Waals surface area (Å²) in [6, 6.07) is 14.1. The molecule has 0 aliphatic carbocycles. The molecule has 4 nitrogen and oxygen atoms in total. The summed E-state index contributed by atoms with van der Waals surface area (Å²) in [5.74, 6) is 0.857. The van der Waals surface area contributed by atoms with Gasteiger partial charge in [0.25, 0.3) is 0 Å². The topological polar surface area (TPSA) is 41.9 Å². The van der Waals surface area contributed by atoms with Gasteiger partial charge in [-0.3, -0.25) is 4.98 Å². The van der Waals surface area contributed by atoms with Gasteiger partial charge in [-0.05, 0) is 26.0 Å². The maximum atomic E-state index is 4.54. The number of hydrogen-bond donors (Lipinski definition) is 0. The third-order valence-electron chi connectivity index (χ3n) is 3.63. The van der Waals surface area contributed by atoms with Crippen LogP contribution in [0.25, 0.3) is 22.2 Å².